The first kappa shape index (κ1) is 21.5. The van der Waals surface area contributed by atoms with Gasteiger partial charge in [-0.05, 0) is 31.2 Å². The van der Waals surface area contributed by atoms with Gasteiger partial charge in [-0.3, -0.25) is 29.5 Å². The van der Waals surface area contributed by atoms with E-state index in [1.807, 2.05) is 4.90 Å². The van der Waals surface area contributed by atoms with Crippen molar-refractivity contribution in [1.29, 1.82) is 0 Å². The Labute approximate surface area is 183 Å². The molecule has 1 aromatic carbocycles. The third-order valence-corrected chi connectivity index (χ3v) is 6.03. The van der Waals surface area contributed by atoms with Gasteiger partial charge in [0, 0.05) is 31.6 Å². The molecule has 4 rings (SSSR count). The van der Waals surface area contributed by atoms with Crippen LogP contribution in [-0.4, -0.2) is 39.8 Å². The zero-order chi connectivity index (χ0) is 23.0. The van der Waals surface area contributed by atoms with Crippen LogP contribution < -0.4 is 21.1 Å². The van der Waals surface area contributed by atoms with Gasteiger partial charge in [0.15, 0.2) is 0 Å². The molecule has 32 heavy (non-hydrogen) atoms. The van der Waals surface area contributed by atoms with Crippen LogP contribution in [0, 0.1) is 23.0 Å². The van der Waals surface area contributed by atoms with Crippen molar-refractivity contribution in [3.05, 3.63) is 49.8 Å². The van der Waals surface area contributed by atoms with Crippen LogP contribution in [0.25, 0.3) is 0 Å². The van der Waals surface area contributed by atoms with Crippen LogP contribution in [0.1, 0.15) is 43.2 Å². The minimum Gasteiger partial charge on any atom is -0.342 e. The molecule has 11 nitrogen and oxygen atoms in total. The number of non-ortho nitro benzene ring substituents is 1. The Kier molecular flexibility index (Phi) is 5.64. The number of amides is 2. The fourth-order valence-corrected chi connectivity index (χ4v) is 4.03. The SMILES string of the molecule is Cc1ccc([N+](=O)[O-])cc1NC(=O)[C@H]1CC(=O)Nc2nc(N3CCC(C)CC3)[nH]c(=O)c21. The molecule has 1 fully saturated rings. The Morgan fingerprint density at radius 2 is 2.00 bits per heavy atom. The molecule has 2 aliphatic rings. The lowest BCUT2D eigenvalue weighted by Crippen LogP contribution is -2.39. The number of benzene rings is 1. The van der Waals surface area contributed by atoms with Gasteiger partial charge in [0.25, 0.3) is 11.2 Å². The van der Waals surface area contributed by atoms with E-state index in [1.54, 1.807) is 6.92 Å². The summed E-state index contributed by atoms with van der Waals surface area (Å²) in [5.41, 5.74) is 0.290. The highest BCUT2D eigenvalue weighted by atomic mass is 16.6. The van der Waals surface area contributed by atoms with E-state index >= 15 is 0 Å². The predicted molar refractivity (Wildman–Crippen MR) is 118 cm³/mol. The van der Waals surface area contributed by atoms with Crippen molar-refractivity contribution in [3.63, 3.8) is 0 Å². The van der Waals surface area contributed by atoms with Crippen LogP contribution >= 0.6 is 0 Å². The Bertz CT molecular complexity index is 1150. The second kappa shape index (κ2) is 8.40. The van der Waals surface area contributed by atoms with Crippen molar-refractivity contribution in [3.8, 4) is 0 Å². The monoisotopic (exact) mass is 440 g/mol. The highest BCUT2D eigenvalue weighted by Gasteiger charge is 2.35. The summed E-state index contributed by atoms with van der Waals surface area (Å²) in [5.74, 6) is -1.04. The lowest BCUT2D eigenvalue weighted by Gasteiger charge is -2.31. The number of rotatable bonds is 4. The van der Waals surface area contributed by atoms with E-state index in [4.69, 9.17) is 0 Å². The molecule has 0 saturated carbocycles. The molecule has 1 atom stereocenters. The second-order valence-corrected chi connectivity index (χ2v) is 8.37. The third-order valence-electron chi connectivity index (χ3n) is 6.03. The first-order valence-corrected chi connectivity index (χ1v) is 10.5. The van der Waals surface area contributed by atoms with Gasteiger partial charge in [0.05, 0.1) is 22.1 Å². The summed E-state index contributed by atoms with van der Waals surface area (Å²) < 4.78 is 0. The minimum atomic E-state index is -1.07. The number of nitro benzene ring substituents is 1. The molecule has 3 N–H and O–H groups in total. The normalized spacial score (nSPS) is 18.6. The van der Waals surface area contributed by atoms with Crippen molar-refractivity contribution in [1.82, 2.24) is 9.97 Å². The number of nitrogens with zero attached hydrogens (tertiary/aromatic N) is 3. The number of H-pyrrole nitrogens is 1. The van der Waals surface area contributed by atoms with Gasteiger partial charge in [-0.25, -0.2) is 0 Å². The average Bonchev–Trinajstić information content (AvgIpc) is 2.74. The molecule has 0 aliphatic carbocycles. The van der Waals surface area contributed by atoms with Crippen LogP contribution in [0.15, 0.2) is 23.0 Å². The van der Waals surface area contributed by atoms with Gasteiger partial charge < -0.3 is 15.5 Å². The lowest BCUT2D eigenvalue weighted by molar-refractivity contribution is -0.384. The van der Waals surface area contributed by atoms with E-state index in [1.165, 1.54) is 18.2 Å². The zero-order valence-corrected chi connectivity index (χ0v) is 17.8. The second-order valence-electron chi connectivity index (χ2n) is 8.37. The summed E-state index contributed by atoms with van der Waals surface area (Å²) in [6, 6.07) is 4.11. The summed E-state index contributed by atoms with van der Waals surface area (Å²) in [6.07, 6.45) is 1.72. The molecule has 2 aliphatic heterocycles. The molecule has 1 aromatic heterocycles. The first-order chi connectivity index (χ1) is 15.2. The lowest BCUT2D eigenvalue weighted by atomic mass is 9.92. The molecule has 2 aromatic rings. The van der Waals surface area contributed by atoms with Gasteiger partial charge in [-0.15, -0.1) is 0 Å². The van der Waals surface area contributed by atoms with E-state index in [-0.39, 0.29) is 29.2 Å². The zero-order valence-electron chi connectivity index (χ0n) is 17.8. The number of carbonyl (C=O) groups excluding carboxylic acids is 2. The smallest absolute Gasteiger partial charge is 0.271 e. The van der Waals surface area contributed by atoms with Gasteiger partial charge in [-0.1, -0.05) is 13.0 Å². The largest absolute Gasteiger partial charge is 0.342 e. The van der Waals surface area contributed by atoms with E-state index in [9.17, 15) is 24.5 Å². The highest BCUT2D eigenvalue weighted by Crippen LogP contribution is 2.32. The van der Waals surface area contributed by atoms with Crippen LogP contribution in [0.5, 0.6) is 0 Å². The molecule has 11 heteroatoms. The summed E-state index contributed by atoms with van der Waals surface area (Å²) in [6.45, 7) is 5.35. The van der Waals surface area contributed by atoms with Crippen LogP contribution in [0.4, 0.5) is 23.1 Å². The number of aromatic nitrogens is 2. The van der Waals surface area contributed by atoms with E-state index in [0.29, 0.717) is 17.4 Å². The molecular weight excluding hydrogens is 416 g/mol. The topological polar surface area (TPSA) is 150 Å². The van der Waals surface area contributed by atoms with Gasteiger partial charge in [0.1, 0.15) is 5.82 Å². The number of piperidine rings is 1. The number of aromatic amines is 1. The molecule has 0 bridgehead atoms. The van der Waals surface area contributed by atoms with E-state index in [2.05, 4.69) is 27.5 Å². The van der Waals surface area contributed by atoms with Gasteiger partial charge >= 0.3 is 0 Å². The van der Waals surface area contributed by atoms with Crippen molar-refractivity contribution < 1.29 is 14.5 Å². The number of aryl methyl sites for hydroxylation is 1. The molecule has 168 valence electrons. The summed E-state index contributed by atoms with van der Waals surface area (Å²) >= 11 is 0. The molecular formula is C21H24N6O5. The Balaban J connectivity index is 1.64. The molecule has 0 unspecified atom stereocenters. The molecule has 0 radical (unpaired) electrons. The van der Waals surface area contributed by atoms with Gasteiger partial charge in [-0.2, -0.15) is 4.98 Å². The number of anilines is 3. The fraction of sp³-hybridized carbons (Fsp3) is 0.429. The van der Waals surface area contributed by atoms with Crippen LogP contribution in [0.3, 0.4) is 0 Å². The highest BCUT2D eigenvalue weighted by molar-refractivity contribution is 6.04. The molecule has 3 heterocycles. The van der Waals surface area contributed by atoms with Crippen LogP contribution in [-0.2, 0) is 9.59 Å². The quantitative estimate of drug-likeness (QED) is 0.487. The number of hydrogen-bond donors (Lipinski definition) is 3. The number of hydrogen-bond acceptors (Lipinski definition) is 7. The van der Waals surface area contributed by atoms with Crippen LogP contribution in [0.2, 0.25) is 0 Å². The summed E-state index contributed by atoms with van der Waals surface area (Å²) in [4.78, 5) is 57.9. The summed E-state index contributed by atoms with van der Waals surface area (Å²) in [5, 5.41) is 16.3. The number of carbonyl (C=O) groups is 2. The fourth-order valence-electron chi connectivity index (χ4n) is 4.03. The minimum absolute atomic E-state index is 0.0783. The van der Waals surface area contributed by atoms with Crippen molar-refractivity contribution in [2.24, 2.45) is 5.92 Å². The Morgan fingerprint density at radius 1 is 1.28 bits per heavy atom. The van der Waals surface area contributed by atoms with Gasteiger partial charge in [0.2, 0.25) is 17.8 Å². The van der Waals surface area contributed by atoms with Crippen molar-refractivity contribution >= 4 is 35.0 Å². The number of fused-ring (bicyclic) bond motifs is 1. The molecule has 1 saturated heterocycles. The molecule has 0 spiro atoms. The third kappa shape index (κ3) is 4.18. The maximum Gasteiger partial charge on any atom is 0.271 e. The maximum atomic E-state index is 13.0. The van der Waals surface area contributed by atoms with Crippen molar-refractivity contribution in [2.45, 2.75) is 39.0 Å². The Morgan fingerprint density at radius 3 is 2.69 bits per heavy atom. The first-order valence-electron chi connectivity index (χ1n) is 10.5. The predicted octanol–water partition coefficient (Wildman–Crippen LogP) is 2.29. The number of nitrogens with one attached hydrogen (secondary N) is 3. The van der Waals surface area contributed by atoms with E-state index in [0.717, 1.165) is 25.9 Å². The Hall–Kier alpha value is -3.76. The summed E-state index contributed by atoms with van der Waals surface area (Å²) in [7, 11) is 0. The average molecular weight is 440 g/mol. The van der Waals surface area contributed by atoms with Crippen molar-refractivity contribution in [2.75, 3.05) is 28.6 Å². The molecule has 2 amide bonds. The van der Waals surface area contributed by atoms with E-state index < -0.39 is 28.2 Å². The number of nitro groups is 1. The standard InChI is InChI=1S/C21H24N6O5/c1-11-5-7-26(8-6-11)21-24-18-17(20(30)25-21)14(10-16(28)23-18)19(29)22-15-9-13(27(31)32)4-3-12(15)2/h3-4,9,11,14H,5-8,10H2,1-2H3,(H,22,29)(H2,23,24,25,28,30)/t14-/m0/s1. The maximum absolute atomic E-state index is 13.0.